The van der Waals surface area contributed by atoms with Gasteiger partial charge in [-0.1, -0.05) is 0 Å². The van der Waals surface area contributed by atoms with E-state index in [1.165, 1.54) is 31.0 Å². The summed E-state index contributed by atoms with van der Waals surface area (Å²) in [5.74, 6) is 0.123. The Hall–Kier alpha value is -1.62. The highest BCUT2D eigenvalue weighted by molar-refractivity contribution is 5.94. The summed E-state index contributed by atoms with van der Waals surface area (Å²) in [4.78, 5) is 14.3. The van der Waals surface area contributed by atoms with E-state index in [1.807, 2.05) is 14.0 Å². The second kappa shape index (κ2) is 5.79. The van der Waals surface area contributed by atoms with Crippen LogP contribution in [0.25, 0.3) is 0 Å². The van der Waals surface area contributed by atoms with E-state index < -0.39 is 5.82 Å². The standard InChI is InChI=1S/C15H22FN3O/c1-9(11-4-5-11)19(3)10(2)15(20)18-12-6-7-13(16)14(17)8-12/h6-11H,4-5,17H2,1-3H3,(H,18,20). The van der Waals surface area contributed by atoms with E-state index in [2.05, 4.69) is 17.1 Å². The Morgan fingerprint density at radius 2 is 2.10 bits per heavy atom. The molecule has 1 saturated carbocycles. The van der Waals surface area contributed by atoms with Crippen molar-refractivity contribution in [3.05, 3.63) is 24.0 Å². The number of carbonyl (C=O) groups is 1. The van der Waals surface area contributed by atoms with Gasteiger partial charge in [-0.2, -0.15) is 0 Å². The van der Waals surface area contributed by atoms with Crippen molar-refractivity contribution in [3.8, 4) is 0 Å². The molecule has 2 rings (SSSR count). The summed E-state index contributed by atoms with van der Waals surface area (Å²) >= 11 is 0. The normalized spacial score (nSPS) is 17.9. The van der Waals surface area contributed by atoms with Gasteiger partial charge in [-0.05, 0) is 57.9 Å². The molecule has 4 nitrogen and oxygen atoms in total. The highest BCUT2D eigenvalue weighted by Gasteiger charge is 2.33. The molecule has 1 aliphatic carbocycles. The average molecular weight is 279 g/mol. The molecule has 2 atom stereocenters. The number of benzene rings is 1. The van der Waals surface area contributed by atoms with Crippen LogP contribution in [0.5, 0.6) is 0 Å². The SMILES string of the molecule is CC(C(=O)Nc1ccc(F)c(N)c1)N(C)C(C)C1CC1. The van der Waals surface area contributed by atoms with Gasteiger partial charge in [-0.3, -0.25) is 9.69 Å². The van der Waals surface area contributed by atoms with Crippen LogP contribution in [-0.4, -0.2) is 29.9 Å². The quantitative estimate of drug-likeness (QED) is 0.814. The number of amides is 1. The van der Waals surface area contributed by atoms with Gasteiger partial charge >= 0.3 is 0 Å². The first-order valence-electron chi connectivity index (χ1n) is 6.98. The maximum Gasteiger partial charge on any atom is 0.241 e. The number of nitrogen functional groups attached to an aromatic ring is 1. The third kappa shape index (κ3) is 3.28. The lowest BCUT2D eigenvalue weighted by atomic mass is 10.1. The molecule has 1 amide bonds. The van der Waals surface area contributed by atoms with Crippen molar-refractivity contribution in [2.24, 2.45) is 5.92 Å². The summed E-state index contributed by atoms with van der Waals surface area (Å²) < 4.78 is 13.1. The van der Waals surface area contributed by atoms with Crippen molar-refractivity contribution in [1.82, 2.24) is 4.90 Å². The molecule has 0 saturated heterocycles. The fraction of sp³-hybridized carbons (Fsp3) is 0.533. The Morgan fingerprint density at radius 1 is 1.45 bits per heavy atom. The third-order valence-corrected chi connectivity index (χ3v) is 4.20. The van der Waals surface area contributed by atoms with Crippen molar-refractivity contribution >= 4 is 17.3 Å². The molecule has 1 aliphatic rings. The third-order valence-electron chi connectivity index (χ3n) is 4.20. The van der Waals surface area contributed by atoms with E-state index >= 15 is 0 Å². The summed E-state index contributed by atoms with van der Waals surface area (Å²) in [6.07, 6.45) is 2.49. The fourth-order valence-electron chi connectivity index (χ4n) is 2.32. The first-order chi connectivity index (χ1) is 9.40. The molecule has 0 aromatic heterocycles. The van der Waals surface area contributed by atoms with Crippen LogP contribution in [0.15, 0.2) is 18.2 Å². The van der Waals surface area contributed by atoms with Gasteiger partial charge in [0.15, 0.2) is 0 Å². The van der Waals surface area contributed by atoms with Crippen LogP contribution in [0.3, 0.4) is 0 Å². The number of rotatable bonds is 5. The predicted octanol–water partition coefficient (Wildman–Crippen LogP) is 2.47. The summed E-state index contributed by atoms with van der Waals surface area (Å²) in [5.41, 5.74) is 6.05. The summed E-state index contributed by atoms with van der Waals surface area (Å²) in [6.45, 7) is 4.03. The van der Waals surface area contributed by atoms with E-state index in [9.17, 15) is 9.18 Å². The fourth-order valence-corrected chi connectivity index (χ4v) is 2.32. The van der Waals surface area contributed by atoms with Crippen LogP contribution >= 0.6 is 0 Å². The lowest BCUT2D eigenvalue weighted by molar-refractivity contribution is -0.121. The molecule has 5 heteroatoms. The molecule has 3 N–H and O–H groups in total. The van der Waals surface area contributed by atoms with Gasteiger partial charge in [0, 0.05) is 11.7 Å². The topological polar surface area (TPSA) is 58.4 Å². The summed E-state index contributed by atoms with van der Waals surface area (Å²) in [7, 11) is 1.96. The minimum absolute atomic E-state index is 0.0372. The largest absolute Gasteiger partial charge is 0.396 e. The molecule has 2 unspecified atom stereocenters. The molecule has 1 aromatic carbocycles. The lowest BCUT2D eigenvalue weighted by Crippen LogP contribution is -2.45. The monoisotopic (exact) mass is 279 g/mol. The van der Waals surface area contributed by atoms with Gasteiger partial charge in [-0.15, -0.1) is 0 Å². The van der Waals surface area contributed by atoms with Gasteiger partial charge in [0.25, 0.3) is 0 Å². The first-order valence-corrected chi connectivity index (χ1v) is 6.98. The molecule has 110 valence electrons. The zero-order valence-corrected chi connectivity index (χ0v) is 12.2. The number of carbonyl (C=O) groups excluding carboxylic acids is 1. The molecule has 1 fully saturated rings. The van der Waals surface area contributed by atoms with Crippen molar-refractivity contribution in [3.63, 3.8) is 0 Å². The first kappa shape index (κ1) is 14.8. The minimum atomic E-state index is -0.476. The number of hydrogen-bond acceptors (Lipinski definition) is 3. The number of halogens is 1. The van der Waals surface area contributed by atoms with Crippen LogP contribution in [0.1, 0.15) is 26.7 Å². The molecule has 0 aliphatic heterocycles. The number of nitrogens with one attached hydrogen (secondary N) is 1. The van der Waals surface area contributed by atoms with Crippen molar-refractivity contribution in [2.45, 2.75) is 38.8 Å². The lowest BCUT2D eigenvalue weighted by Gasteiger charge is -2.30. The van der Waals surface area contributed by atoms with Gasteiger partial charge in [0.2, 0.25) is 5.91 Å². The number of anilines is 2. The zero-order valence-electron chi connectivity index (χ0n) is 12.2. The average Bonchev–Trinajstić information content (AvgIpc) is 3.24. The number of nitrogens with zero attached hydrogens (tertiary/aromatic N) is 1. The van der Waals surface area contributed by atoms with Crippen LogP contribution in [0.2, 0.25) is 0 Å². The second-order valence-electron chi connectivity index (χ2n) is 5.65. The van der Waals surface area contributed by atoms with Gasteiger partial charge < -0.3 is 11.1 Å². The summed E-state index contributed by atoms with van der Waals surface area (Å²) in [5, 5.41) is 2.78. The molecule has 1 aromatic rings. The van der Waals surface area contributed by atoms with E-state index in [0.29, 0.717) is 17.6 Å². The van der Waals surface area contributed by atoms with Crippen molar-refractivity contribution in [1.29, 1.82) is 0 Å². The Morgan fingerprint density at radius 3 is 2.65 bits per heavy atom. The highest BCUT2D eigenvalue weighted by Crippen LogP contribution is 2.35. The smallest absolute Gasteiger partial charge is 0.241 e. The molecule has 0 spiro atoms. The maximum atomic E-state index is 13.1. The zero-order chi connectivity index (χ0) is 14.9. The Kier molecular flexibility index (Phi) is 4.28. The van der Waals surface area contributed by atoms with Gasteiger partial charge in [0.1, 0.15) is 5.82 Å². The molecule has 0 bridgehead atoms. The molecule has 20 heavy (non-hydrogen) atoms. The maximum absolute atomic E-state index is 13.1. The Bertz CT molecular complexity index is 502. The van der Waals surface area contributed by atoms with Crippen LogP contribution in [0, 0.1) is 11.7 Å². The molecular weight excluding hydrogens is 257 g/mol. The molecule has 0 radical (unpaired) electrons. The summed E-state index contributed by atoms with van der Waals surface area (Å²) in [6, 6.07) is 4.36. The van der Waals surface area contributed by atoms with E-state index in [-0.39, 0.29) is 17.6 Å². The minimum Gasteiger partial charge on any atom is -0.396 e. The van der Waals surface area contributed by atoms with Gasteiger partial charge in [0.05, 0.1) is 11.7 Å². The van der Waals surface area contributed by atoms with Gasteiger partial charge in [-0.25, -0.2) is 4.39 Å². The van der Waals surface area contributed by atoms with Crippen LogP contribution < -0.4 is 11.1 Å². The number of likely N-dealkylation sites (N-methyl/N-ethyl adjacent to an activating group) is 1. The van der Waals surface area contributed by atoms with Crippen LogP contribution in [-0.2, 0) is 4.79 Å². The highest BCUT2D eigenvalue weighted by atomic mass is 19.1. The number of hydrogen-bond donors (Lipinski definition) is 2. The Labute approximate surface area is 119 Å². The Balaban J connectivity index is 1.97. The van der Waals surface area contributed by atoms with Crippen molar-refractivity contribution in [2.75, 3.05) is 18.1 Å². The second-order valence-corrected chi connectivity index (χ2v) is 5.65. The predicted molar refractivity (Wildman–Crippen MR) is 78.9 cm³/mol. The van der Waals surface area contributed by atoms with Crippen molar-refractivity contribution < 1.29 is 9.18 Å². The van der Waals surface area contributed by atoms with E-state index in [1.54, 1.807) is 0 Å². The molecular formula is C15H22FN3O. The van der Waals surface area contributed by atoms with E-state index in [4.69, 9.17) is 5.73 Å². The van der Waals surface area contributed by atoms with E-state index in [0.717, 1.165) is 0 Å². The number of nitrogens with two attached hydrogens (primary N) is 1. The molecule has 0 heterocycles. The van der Waals surface area contributed by atoms with Crippen LogP contribution in [0.4, 0.5) is 15.8 Å².